The second-order valence-corrected chi connectivity index (χ2v) is 5.85. The number of amides is 1. The number of hydrogen-bond donors (Lipinski definition) is 1. The fraction of sp³-hybridized carbons (Fsp3) is 0.0952. The van der Waals surface area contributed by atoms with E-state index in [2.05, 4.69) is 11.9 Å². The molecule has 0 fully saturated rings. The molecule has 0 bridgehead atoms. The lowest BCUT2D eigenvalue weighted by atomic mass is 10.1. The van der Waals surface area contributed by atoms with Gasteiger partial charge in [0.1, 0.15) is 46.8 Å². The molecule has 0 radical (unpaired) electrons. The average Bonchev–Trinajstić information content (AvgIpc) is 2.70. The van der Waals surface area contributed by atoms with Gasteiger partial charge in [0.15, 0.2) is 0 Å². The third-order valence-corrected chi connectivity index (χ3v) is 3.73. The highest BCUT2D eigenvalue weighted by molar-refractivity contribution is 6.07. The van der Waals surface area contributed by atoms with Crippen molar-refractivity contribution in [1.82, 2.24) is 0 Å². The zero-order chi connectivity index (χ0) is 23.2. The van der Waals surface area contributed by atoms with E-state index in [0.29, 0.717) is 12.2 Å². The first-order valence-corrected chi connectivity index (χ1v) is 8.47. The van der Waals surface area contributed by atoms with Crippen LogP contribution in [-0.4, -0.2) is 12.6 Å². The van der Waals surface area contributed by atoms with E-state index in [1.165, 1.54) is 24.3 Å². The Hall–Kier alpha value is -3.56. The van der Waals surface area contributed by atoms with Gasteiger partial charge in [0.05, 0.1) is 0 Å². The Bertz CT molecular complexity index is 1030. The largest absolute Gasteiger partial charge is 0.457 e. The van der Waals surface area contributed by atoms with Crippen molar-refractivity contribution in [1.29, 1.82) is 0 Å². The minimum Gasteiger partial charge on any atom is -0.457 e. The van der Waals surface area contributed by atoms with Crippen molar-refractivity contribution in [3.05, 3.63) is 89.8 Å². The fourth-order valence-corrected chi connectivity index (χ4v) is 2.34. The van der Waals surface area contributed by atoms with Crippen molar-refractivity contribution in [3.8, 4) is 11.5 Å². The lowest BCUT2D eigenvalue weighted by Crippen LogP contribution is -2.16. The van der Waals surface area contributed by atoms with Crippen molar-refractivity contribution < 1.29 is 40.3 Å². The lowest BCUT2D eigenvalue weighted by molar-refractivity contribution is -0.138. The van der Waals surface area contributed by atoms with Crippen LogP contribution >= 0.6 is 0 Å². The molecule has 0 saturated heterocycles. The summed E-state index contributed by atoms with van der Waals surface area (Å²) in [5, 5.41) is 2.16. The minimum absolute atomic E-state index is 0.00918. The highest BCUT2D eigenvalue weighted by Gasteiger charge is 2.35. The van der Waals surface area contributed by atoms with Gasteiger partial charge in [-0.15, -0.1) is 0 Å². The van der Waals surface area contributed by atoms with Crippen molar-refractivity contribution in [2.45, 2.75) is 6.18 Å². The van der Waals surface area contributed by atoms with Crippen LogP contribution in [0.2, 0.25) is 0 Å². The number of rotatable bonds is 7. The average molecular weight is 445 g/mol. The number of ether oxygens (including phenoxy) is 1. The Labute approximate surface area is 172 Å². The van der Waals surface area contributed by atoms with Crippen LogP contribution in [0.1, 0.15) is 5.56 Å². The molecule has 3 nitrogen and oxygen atoms in total. The smallest absolute Gasteiger partial charge is 0.420 e. The monoisotopic (exact) mass is 445 g/mol. The van der Waals surface area contributed by atoms with Crippen LogP contribution in [0, 0.1) is 5.82 Å². The van der Waals surface area contributed by atoms with Crippen LogP contribution in [0.4, 0.5) is 36.4 Å². The first-order valence-electron chi connectivity index (χ1n) is 8.47. The van der Waals surface area contributed by atoms with Crippen molar-refractivity contribution in [2.75, 3.05) is 12.0 Å². The first kappa shape index (κ1) is 23.7. The summed E-state index contributed by atoms with van der Waals surface area (Å²) in [5.41, 5.74) is -2.39. The number of carbonyl (C=O) groups excluding carboxylic acids is 1. The normalized spacial score (nSPS) is 12.8. The van der Waals surface area contributed by atoms with E-state index in [0.717, 1.165) is 12.1 Å². The standard InChI is InChI=1S/C21H14F7NO2/c1-2-16(24)19(17(25)9-10-22)20(30)29-13-4-6-14(7-5-13)31-18-8-3-12(23)11-15(18)21(26,27)28/h2-9,11H,1,10H2,(H,29,30)/b17-9+,19-16-. The van der Waals surface area contributed by atoms with Crippen LogP contribution in [-0.2, 0) is 11.0 Å². The Morgan fingerprint density at radius 1 is 1.10 bits per heavy atom. The number of anilines is 1. The van der Waals surface area contributed by atoms with Crippen LogP contribution in [0.15, 0.2) is 78.4 Å². The molecule has 0 aliphatic rings. The maximum Gasteiger partial charge on any atom is 0.420 e. The van der Waals surface area contributed by atoms with Gasteiger partial charge >= 0.3 is 6.18 Å². The first-order chi connectivity index (χ1) is 14.6. The molecule has 0 saturated carbocycles. The van der Waals surface area contributed by atoms with Crippen molar-refractivity contribution in [2.24, 2.45) is 0 Å². The highest BCUT2D eigenvalue weighted by Crippen LogP contribution is 2.38. The van der Waals surface area contributed by atoms with E-state index in [9.17, 15) is 35.5 Å². The zero-order valence-electron chi connectivity index (χ0n) is 15.6. The summed E-state index contributed by atoms with van der Waals surface area (Å²) in [6.45, 7) is 1.80. The summed E-state index contributed by atoms with van der Waals surface area (Å²) < 4.78 is 97.2. The lowest BCUT2D eigenvalue weighted by Gasteiger charge is -2.14. The van der Waals surface area contributed by atoms with Crippen molar-refractivity contribution in [3.63, 3.8) is 0 Å². The van der Waals surface area contributed by atoms with E-state index < -0.39 is 53.1 Å². The van der Waals surface area contributed by atoms with E-state index in [-0.39, 0.29) is 17.5 Å². The Morgan fingerprint density at radius 2 is 1.74 bits per heavy atom. The molecule has 31 heavy (non-hydrogen) atoms. The van der Waals surface area contributed by atoms with Crippen LogP contribution in [0.5, 0.6) is 11.5 Å². The molecule has 0 unspecified atom stereocenters. The second kappa shape index (κ2) is 9.96. The summed E-state index contributed by atoms with van der Waals surface area (Å²) >= 11 is 0. The topological polar surface area (TPSA) is 38.3 Å². The third-order valence-electron chi connectivity index (χ3n) is 3.73. The quantitative estimate of drug-likeness (QED) is 0.289. The van der Waals surface area contributed by atoms with Gasteiger partial charge in [-0.1, -0.05) is 6.58 Å². The summed E-state index contributed by atoms with van der Waals surface area (Å²) in [7, 11) is 0. The highest BCUT2D eigenvalue weighted by atomic mass is 19.4. The molecule has 1 N–H and O–H groups in total. The van der Waals surface area contributed by atoms with Crippen molar-refractivity contribution >= 4 is 11.6 Å². The number of allylic oxidation sites excluding steroid dienone is 3. The fourth-order valence-electron chi connectivity index (χ4n) is 2.34. The molecular weight excluding hydrogens is 431 g/mol. The number of benzene rings is 2. The van der Waals surface area contributed by atoms with Gasteiger partial charge in [-0.3, -0.25) is 4.79 Å². The van der Waals surface area contributed by atoms with E-state index >= 15 is 0 Å². The molecule has 10 heteroatoms. The Kier molecular flexibility index (Phi) is 7.62. The molecule has 1 amide bonds. The number of hydrogen-bond acceptors (Lipinski definition) is 2. The number of nitrogens with one attached hydrogen (secondary N) is 1. The molecule has 0 heterocycles. The van der Waals surface area contributed by atoms with E-state index in [4.69, 9.17) is 4.74 Å². The Morgan fingerprint density at radius 3 is 2.29 bits per heavy atom. The van der Waals surface area contributed by atoms with Gasteiger partial charge in [0.2, 0.25) is 0 Å². The predicted molar refractivity (Wildman–Crippen MR) is 100 cm³/mol. The summed E-state index contributed by atoms with van der Waals surface area (Å²) in [6, 6.07) is 6.59. The number of carbonyl (C=O) groups is 1. The maximum atomic E-state index is 13.8. The van der Waals surface area contributed by atoms with Gasteiger partial charge in [0.25, 0.3) is 5.91 Å². The molecule has 0 aromatic heterocycles. The van der Waals surface area contributed by atoms with Crippen LogP contribution in [0.25, 0.3) is 0 Å². The van der Waals surface area contributed by atoms with Gasteiger partial charge in [-0.05, 0) is 54.6 Å². The molecule has 0 spiro atoms. The molecule has 2 aromatic rings. The van der Waals surface area contributed by atoms with Gasteiger partial charge in [-0.2, -0.15) is 13.2 Å². The molecule has 2 aromatic carbocycles. The maximum absolute atomic E-state index is 13.8. The predicted octanol–water partition coefficient (Wildman–Crippen LogP) is 6.81. The third kappa shape index (κ3) is 6.21. The molecule has 0 aliphatic carbocycles. The summed E-state index contributed by atoms with van der Waals surface area (Å²) in [6.07, 6.45) is -3.94. The van der Waals surface area contributed by atoms with E-state index in [1.54, 1.807) is 0 Å². The molecule has 0 atom stereocenters. The van der Waals surface area contributed by atoms with Gasteiger partial charge in [0, 0.05) is 5.69 Å². The number of halogens is 7. The molecule has 2 rings (SSSR count). The number of alkyl halides is 4. The van der Waals surface area contributed by atoms with Crippen LogP contribution in [0.3, 0.4) is 0 Å². The molecule has 0 aliphatic heterocycles. The van der Waals surface area contributed by atoms with Gasteiger partial charge < -0.3 is 10.1 Å². The minimum atomic E-state index is -4.86. The molecular formula is C21H14F7NO2. The van der Waals surface area contributed by atoms with Gasteiger partial charge in [-0.25, -0.2) is 17.6 Å². The van der Waals surface area contributed by atoms with E-state index in [1.807, 2.05) is 0 Å². The second-order valence-electron chi connectivity index (χ2n) is 5.85. The summed E-state index contributed by atoms with van der Waals surface area (Å²) in [4.78, 5) is 12.1. The molecule has 164 valence electrons. The Balaban J connectivity index is 2.23. The SMILES string of the molecule is C=C/C(F)=C(C(=O)Nc1ccc(Oc2ccc(F)cc2C(F)(F)F)cc1)\C(F)=C/CF. The van der Waals surface area contributed by atoms with Crippen LogP contribution < -0.4 is 10.1 Å². The zero-order valence-corrected chi connectivity index (χ0v) is 15.6. The summed E-state index contributed by atoms with van der Waals surface area (Å²) in [5.74, 6) is -5.84.